The molecule has 0 N–H and O–H groups in total. The Bertz CT molecular complexity index is 1340. The topological polar surface area (TPSA) is 67.8 Å². The predicted molar refractivity (Wildman–Crippen MR) is 137 cm³/mol. The summed E-state index contributed by atoms with van der Waals surface area (Å²) in [5.41, 5.74) is -0.846. The maximum atomic E-state index is 16.0. The molecule has 1 saturated heterocycles. The molecule has 1 fully saturated rings. The van der Waals surface area contributed by atoms with Crippen molar-refractivity contribution >= 4 is 40.5 Å². The summed E-state index contributed by atoms with van der Waals surface area (Å²) >= 11 is 6.53. The van der Waals surface area contributed by atoms with Gasteiger partial charge in [0.05, 0.1) is 17.7 Å². The second-order valence-electron chi connectivity index (χ2n) is 9.32. The van der Waals surface area contributed by atoms with E-state index in [0.29, 0.717) is 37.4 Å². The molecule has 4 rings (SSSR count). The van der Waals surface area contributed by atoms with Crippen molar-refractivity contribution in [3.05, 3.63) is 53.3 Å². The third-order valence-corrected chi connectivity index (χ3v) is 6.04. The maximum absolute atomic E-state index is 16.0. The second kappa shape index (κ2) is 9.89. The molecule has 7 nitrogen and oxygen atoms in total. The second-order valence-corrected chi connectivity index (χ2v) is 9.73. The van der Waals surface area contributed by atoms with Crippen molar-refractivity contribution in [1.82, 2.24) is 14.9 Å². The third kappa shape index (κ3) is 4.93. The van der Waals surface area contributed by atoms with Gasteiger partial charge in [0.2, 0.25) is 0 Å². The molecule has 0 unspecified atom stereocenters. The highest BCUT2D eigenvalue weighted by Gasteiger charge is 2.29. The Balaban J connectivity index is 1.77. The SMILES string of the molecule is C=Cc1nc(N2CCN(C(=O)OC(C)(C)C)CC2)c2cc(Cl)c(-c3c(F)cccc3OC)c(F)c2n1. The highest BCUT2D eigenvalue weighted by Crippen LogP contribution is 2.42. The number of ether oxygens (including phenoxy) is 2. The number of hydrogen-bond acceptors (Lipinski definition) is 6. The van der Waals surface area contributed by atoms with Crippen molar-refractivity contribution in [2.24, 2.45) is 0 Å². The number of rotatable bonds is 4. The summed E-state index contributed by atoms with van der Waals surface area (Å²) < 4.78 is 41.5. The van der Waals surface area contributed by atoms with E-state index in [9.17, 15) is 9.18 Å². The molecule has 1 amide bonds. The quantitative estimate of drug-likeness (QED) is 0.427. The standard InChI is InChI=1S/C26H27ClF2N4O3/c1-6-19-30-23-15(14-16(27)20(22(23)29)21-17(28)8-7-9-18(21)35-5)24(31-19)32-10-12-33(13-11-32)25(34)36-26(2,3)4/h6-9,14H,1,10-13H2,2-5H3. The minimum Gasteiger partial charge on any atom is -0.496 e. The van der Waals surface area contributed by atoms with Gasteiger partial charge in [-0.25, -0.2) is 23.5 Å². The van der Waals surface area contributed by atoms with Gasteiger partial charge in [-0.05, 0) is 45.0 Å². The molecule has 1 aliphatic rings. The average molecular weight is 517 g/mol. The normalized spacial score (nSPS) is 14.2. The van der Waals surface area contributed by atoms with E-state index in [4.69, 9.17) is 21.1 Å². The van der Waals surface area contributed by atoms with Crippen LogP contribution in [0.3, 0.4) is 0 Å². The number of carbonyl (C=O) groups excluding carboxylic acids is 1. The molecule has 1 aromatic heterocycles. The molecule has 0 saturated carbocycles. The van der Waals surface area contributed by atoms with Crippen molar-refractivity contribution in [3.8, 4) is 16.9 Å². The van der Waals surface area contributed by atoms with Gasteiger partial charge in [0.25, 0.3) is 0 Å². The summed E-state index contributed by atoms with van der Waals surface area (Å²) in [5.74, 6) is -0.663. The van der Waals surface area contributed by atoms with Crippen molar-refractivity contribution in [2.75, 3.05) is 38.2 Å². The summed E-state index contributed by atoms with van der Waals surface area (Å²) in [6.07, 6.45) is 1.02. The number of fused-ring (bicyclic) bond motifs is 1. The van der Waals surface area contributed by atoms with Gasteiger partial charge >= 0.3 is 6.09 Å². The molecule has 0 bridgehead atoms. The van der Waals surface area contributed by atoms with E-state index in [-0.39, 0.29) is 39.3 Å². The Morgan fingerprint density at radius 3 is 2.44 bits per heavy atom. The van der Waals surface area contributed by atoms with Crippen molar-refractivity contribution < 1.29 is 23.0 Å². The van der Waals surface area contributed by atoms with E-state index in [0.717, 1.165) is 0 Å². The number of nitrogens with zero attached hydrogens (tertiary/aromatic N) is 4. The number of anilines is 1. The van der Waals surface area contributed by atoms with Crippen LogP contribution in [0.15, 0.2) is 30.8 Å². The first-order valence-corrected chi connectivity index (χ1v) is 11.8. The van der Waals surface area contributed by atoms with Crippen LogP contribution in [-0.4, -0.2) is 59.9 Å². The number of aromatic nitrogens is 2. The number of methoxy groups -OCH3 is 1. The number of carbonyl (C=O) groups is 1. The zero-order valence-electron chi connectivity index (χ0n) is 20.6. The van der Waals surface area contributed by atoms with Gasteiger partial charge < -0.3 is 19.3 Å². The van der Waals surface area contributed by atoms with E-state index >= 15 is 4.39 Å². The van der Waals surface area contributed by atoms with E-state index in [1.807, 2.05) is 25.7 Å². The summed E-state index contributed by atoms with van der Waals surface area (Å²) in [4.78, 5) is 24.9. The zero-order chi connectivity index (χ0) is 26.2. The Morgan fingerprint density at radius 1 is 1.14 bits per heavy atom. The molecule has 0 radical (unpaired) electrons. The Hall–Kier alpha value is -3.46. The van der Waals surface area contributed by atoms with Crippen LogP contribution < -0.4 is 9.64 Å². The summed E-state index contributed by atoms with van der Waals surface area (Å²) in [5, 5.41) is 0.361. The molecule has 2 aromatic carbocycles. The molecular formula is C26H27ClF2N4O3. The first-order valence-electron chi connectivity index (χ1n) is 11.4. The fraction of sp³-hybridized carbons (Fsp3) is 0.346. The Labute approximate surface area is 213 Å². The lowest BCUT2D eigenvalue weighted by Gasteiger charge is -2.36. The number of amides is 1. The highest BCUT2D eigenvalue weighted by molar-refractivity contribution is 6.34. The molecule has 3 aromatic rings. The van der Waals surface area contributed by atoms with Gasteiger partial charge in [-0.15, -0.1) is 0 Å². The van der Waals surface area contributed by atoms with Crippen LogP contribution >= 0.6 is 11.6 Å². The van der Waals surface area contributed by atoms with Crippen LogP contribution in [0.25, 0.3) is 28.1 Å². The van der Waals surface area contributed by atoms with Gasteiger partial charge in [-0.3, -0.25) is 0 Å². The summed E-state index contributed by atoms with van der Waals surface area (Å²) in [6.45, 7) is 10.8. The van der Waals surface area contributed by atoms with Crippen molar-refractivity contribution in [2.45, 2.75) is 26.4 Å². The predicted octanol–water partition coefficient (Wildman–Crippen LogP) is 5.94. The van der Waals surface area contributed by atoms with Crippen LogP contribution in [0, 0.1) is 11.6 Å². The van der Waals surface area contributed by atoms with Gasteiger partial charge in [-0.1, -0.05) is 24.2 Å². The molecular weight excluding hydrogens is 490 g/mol. The average Bonchev–Trinajstić information content (AvgIpc) is 2.83. The molecule has 1 aliphatic heterocycles. The number of benzene rings is 2. The number of halogens is 3. The molecule has 0 atom stereocenters. The van der Waals surface area contributed by atoms with Crippen LogP contribution in [0.4, 0.5) is 19.4 Å². The van der Waals surface area contributed by atoms with Gasteiger partial charge in [0.15, 0.2) is 11.6 Å². The number of hydrogen-bond donors (Lipinski definition) is 0. The monoisotopic (exact) mass is 516 g/mol. The molecule has 10 heteroatoms. The van der Waals surface area contributed by atoms with Crippen LogP contribution in [0.2, 0.25) is 5.02 Å². The van der Waals surface area contributed by atoms with Crippen molar-refractivity contribution in [3.63, 3.8) is 0 Å². The largest absolute Gasteiger partial charge is 0.496 e. The maximum Gasteiger partial charge on any atom is 0.410 e. The fourth-order valence-electron chi connectivity index (χ4n) is 4.10. The third-order valence-electron chi connectivity index (χ3n) is 5.74. The first-order chi connectivity index (χ1) is 17.0. The Morgan fingerprint density at radius 2 is 1.83 bits per heavy atom. The molecule has 36 heavy (non-hydrogen) atoms. The molecule has 0 spiro atoms. The van der Waals surface area contributed by atoms with Crippen LogP contribution in [0.5, 0.6) is 5.75 Å². The minimum absolute atomic E-state index is 0.00741. The Kier molecular flexibility index (Phi) is 7.04. The zero-order valence-corrected chi connectivity index (χ0v) is 21.3. The number of piperazine rings is 1. The van der Waals surface area contributed by atoms with Crippen LogP contribution in [0.1, 0.15) is 26.6 Å². The van der Waals surface area contributed by atoms with Gasteiger partial charge in [0, 0.05) is 37.1 Å². The minimum atomic E-state index is -0.792. The van der Waals surface area contributed by atoms with E-state index in [2.05, 4.69) is 16.5 Å². The van der Waals surface area contributed by atoms with Gasteiger partial charge in [-0.2, -0.15) is 0 Å². The highest BCUT2D eigenvalue weighted by atomic mass is 35.5. The summed E-state index contributed by atoms with van der Waals surface area (Å²) in [6, 6.07) is 5.74. The summed E-state index contributed by atoms with van der Waals surface area (Å²) in [7, 11) is 1.37. The van der Waals surface area contributed by atoms with Gasteiger partial charge in [0.1, 0.15) is 28.5 Å². The first kappa shape index (κ1) is 25.6. The molecule has 0 aliphatic carbocycles. The lowest BCUT2D eigenvalue weighted by atomic mass is 10.0. The van der Waals surface area contributed by atoms with Crippen molar-refractivity contribution in [1.29, 1.82) is 0 Å². The molecule has 2 heterocycles. The smallest absolute Gasteiger partial charge is 0.410 e. The lowest BCUT2D eigenvalue weighted by Crippen LogP contribution is -2.50. The fourth-order valence-corrected chi connectivity index (χ4v) is 4.39. The van der Waals surface area contributed by atoms with Crippen LogP contribution in [-0.2, 0) is 4.74 Å². The van der Waals surface area contributed by atoms with E-state index < -0.39 is 17.2 Å². The molecule has 190 valence electrons. The lowest BCUT2D eigenvalue weighted by molar-refractivity contribution is 0.0240. The van der Waals surface area contributed by atoms with E-state index in [1.54, 1.807) is 4.90 Å². The van der Waals surface area contributed by atoms with E-state index in [1.165, 1.54) is 37.5 Å².